The minimum absolute atomic E-state index is 0.549. The van der Waals surface area contributed by atoms with Gasteiger partial charge in [0.2, 0.25) is 0 Å². The molecule has 2 unspecified atom stereocenters. The van der Waals surface area contributed by atoms with E-state index in [1.165, 1.54) is 0 Å². The van der Waals surface area contributed by atoms with E-state index in [0.29, 0.717) is 11.1 Å². The van der Waals surface area contributed by atoms with Crippen LogP contribution in [-0.2, 0) is 29.6 Å². The van der Waals surface area contributed by atoms with Crippen molar-refractivity contribution in [3.05, 3.63) is 254 Å². The molecule has 318 valence electrons. The van der Waals surface area contributed by atoms with Gasteiger partial charge < -0.3 is 19.1 Å². The standard InChI is InChI=1S/C56H50O6Si2/c1-55(44-26-10-2-11-27-44,61-63(47-30-14-4-15-31-47,48-32-16-5-17-33-48)49-34-18-6-19-35-49)56(45-28-12-3-13-29-45,46(42-53(57)58)43-54(59)60)62-64(50-36-20-7-21-37-50,51-38-22-8-23-39-51)52-40-24-9-25-41-52/h2-41,46H,42-43H2,1H3,(H,57,58)(H,59,60). The first-order chi connectivity index (χ1) is 31.2. The average molecular weight is 875 g/mol. The topological polar surface area (TPSA) is 93.1 Å². The Morgan fingerprint density at radius 3 is 0.891 bits per heavy atom. The van der Waals surface area contributed by atoms with Crippen molar-refractivity contribution in [1.82, 2.24) is 0 Å². The molecule has 0 aliphatic carbocycles. The van der Waals surface area contributed by atoms with Crippen molar-refractivity contribution in [2.75, 3.05) is 0 Å². The van der Waals surface area contributed by atoms with Gasteiger partial charge in [0.05, 0.1) is 12.8 Å². The molecule has 8 heteroatoms. The van der Waals surface area contributed by atoms with E-state index in [1.807, 2.05) is 177 Å². The second-order valence-corrected chi connectivity index (χ2v) is 22.8. The number of hydrogen-bond acceptors (Lipinski definition) is 4. The van der Waals surface area contributed by atoms with Crippen molar-refractivity contribution in [3.8, 4) is 0 Å². The van der Waals surface area contributed by atoms with Gasteiger partial charge in [0.1, 0.15) is 11.2 Å². The summed E-state index contributed by atoms with van der Waals surface area (Å²) in [5.74, 6) is -3.53. The number of carboxylic acids is 2. The van der Waals surface area contributed by atoms with Crippen LogP contribution in [0.5, 0.6) is 0 Å². The molecule has 0 saturated heterocycles. The summed E-state index contributed by atoms with van der Waals surface area (Å²) >= 11 is 0. The average Bonchev–Trinajstić information content (AvgIpc) is 3.35. The number of hydrogen-bond donors (Lipinski definition) is 2. The SMILES string of the molecule is CC(O[Si](c1ccccc1)(c1ccccc1)c1ccccc1)(c1ccccc1)C(O[Si](c1ccccc1)(c1ccccc1)c1ccccc1)(c1ccccc1)C(CC(=O)O)CC(=O)O. The van der Waals surface area contributed by atoms with Crippen LogP contribution in [0.2, 0.25) is 0 Å². The number of carboxylic acid groups (broad SMARTS) is 2. The lowest BCUT2D eigenvalue weighted by Gasteiger charge is -2.58. The smallest absolute Gasteiger partial charge is 0.303 e. The van der Waals surface area contributed by atoms with E-state index in [1.54, 1.807) is 0 Å². The van der Waals surface area contributed by atoms with Crippen molar-refractivity contribution in [3.63, 3.8) is 0 Å². The molecular formula is C56H50O6Si2. The van der Waals surface area contributed by atoms with Crippen molar-refractivity contribution in [2.24, 2.45) is 5.92 Å². The van der Waals surface area contributed by atoms with E-state index in [-0.39, 0.29) is 0 Å². The van der Waals surface area contributed by atoms with Crippen LogP contribution in [0, 0.1) is 5.92 Å². The molecular weight excluding hydrogens is 825 g/mol. The fourth-order valence-corrected chi connectivity index (χ4v) is 18.2. The van der Waals surface area contributed by atoms with Crippen LogP contribution in [0.3, 0.4) is 0 Å². The Hall–Kier alpha value is -6.95. The van der Waals surface area contributed by atoms with Gasteiger partial charge in [-0.3, -0.25) is 9.59 Å². The monoisotopic (exact) mass is 874 g/mol. The normalized spacial score (nSPS) is 13.7. The Labute approximate surface area is 377 Å². The molecule has 2 atom stereocenters. The summed E-state index contributed by atoms with van der Waals surface area (Å²) in [5.41, 5.74) is -2.24. The van der Waals surface area contributed by atoms with E-state index in [0.717, 1.165) is 31.1 Å². The molecule has 8 aromatic carbocycles. The molecule has 0 fully saturated rings. The van der Waals surface area contributed by atoms with Crippen LogP contribution in [0.4, 0.5) is 0 Å². The molecule has 8 rings (SSSR count). The fourth-order valence-electron chi connectivity index (χ4n) is 9.65. The van der Waals surface area contributed by atoms with Gasteiger partial charge in [0.25, 0.3) is 16.6 Å². The lowest BCUT2D eigenvalue weighted by Crippen LogP contribution is -2.77. The zero-order valence-corrected chi connectivity index (χ0v) is 37.6. The van der Waals surface area contributed by atoms with Gasteiger partial charge in [-0.1, -0.05) is 243 Å². The highest BCUT2D eigenvalue weighted by molar-refractivity contribution is 7.08. The third-order valence-corrected chi connectivity index (χ3v) is 20.6. The van der Waals surface area contributed by atoms with E-state index in [4.69, 9.17) is 8.85 Å². The predicted molar refractivity (Wildman–Crippen MR) is 260 cm³/mol. The molecule has 0 aliphatic rings. The van der Waals surface area contributed by atoms with Crippen molar-refractivity contribution in [2.45, 2.75) is 31.0 Å². The molecule has 0 aliphatic heterocycles. The highest BCUT2D eigenvalue weighted by Crippen LogP contribution is 2.55. The zero-order chi connectivity index (χ0) is 44.5. The Kier molecular flexibility index (Phi) is 13.1. The first kappa shape index (κ1) is 43.7. The predicted octanol–water partition coefficient (Wildman–Crippen LogP) is 7.73. The second-order valence-electron chi connectivity index (χ2n) is 16.2. The molecule has 6 nitrogen and oxygen atoms in total. The summed E-state index contributed by atoms with van der Waals surface area (Å²) in [6.07, 6.45) is -1.10. The third kappa shape index (κ3) is 8.20. The lowest BCUT2D eigenvalue weighted by atomic mass is 9.65. The molecule has 2 N–H and O–H groups in total. The Bertz CT molecular complexity index is 2520. The quantitative estimate of drug-likeness (QED) is 0.0678. The Balaban J connectivity index is 1.61. The van der Waals surface area contributed by atoms with Gasteiger partial charge in [-0.2, -0.15) is 0 Å². The molecule has 0 amide bonds. The first-order valence-corrected chi connectivity index (χ1v) is 25.3. The van der Waals surface area contributed by atoms with Crippen LogP contribution in [0.1, 0.15) is 30.9 Å². The molecule has 64 heavy (non-hydrogen) atoms. The highest BCUT2D eigenvalue weighted by Gasteiger charge is 2.65. The number of aliphatic carboxylic acids is 2. The molecule has 8 aromatic rings. The second kappa shape index (κ2) is 19.2. The highest BCUT2D eigenvalue weighted by atomic mass is 28.4. The maximum Gasteiger partial charge on any atom is 0.303 e. The van der Waals surface area contributed by atoms with Gasteiger partial charge in [-0.25, -0.2) is 0 Å². The maximum atomic E-state index is 13.6. The van der Waals surface area contributed by atoms with Gasteiger partial charge in [0.15, 0.2) is 0 Å². The molecule has 0 radical (unpaired) electrons. The molecule has 0 saturated carbocycles. The van der Waals surface area contributed by atoms with Crippen LogP contribution in [-0.4, -0.2) is 38.8 Å². The van der Waals surface area contributed by atoms with Gasteiger partial charge in [-0.15, -0.1) is 0 Å². The van der Waals surface area contributed by atoms with Gasteiger partial charge in [0, 0.05) is 5.92 Å². The van der Waals surface area contributed by atoms with Crippen LogP contribution < -0.4 is 31.1 Å². The van der Waals surface area contributed by atoms with Crippen LogP contribution in [0.15, 0.2) is 243 Å². The summed E-state index contributed by atoms with van der Waals surface area (Å²) in [6, 6.07) is 80.4. The van der Waals surface area contributed by atoms with Crippen molar-refractivity contribution in [1.29, 1.82) is 0 Å². The van der Waals surface area contributed by atoms with E-state index >= 15 is 0 Å². The summed E-state index contributed by atoms with van der Waals surface area (Å²) in [6.45, 7) is 2.00. The van der Waals surface area contributed by atoms with E-state index in [9.17, 15) is 19.8 Å². The number of carbonyl (C=O) groups is 2. The summed E-state index contributed by atoms with van der Waals surface area (Å²) in [5, 5.41) is 27.7. The van der Waals surface area contributed by atoms with E-state index < -0.39 is 58.5 Å². The molecule has 0 spiro atoms. The molecule has 0 aromatic heterocycles. The summed E-state index contributed by atoms with van der Waals surface area (Å²) in [7, 11) is -7.70. The van der Waals surface area contributed by atoms with Crippen molar-refractivity contribution >= 4 is 59.7 Å². The third-order valence-electron chi connectivity index (χ3n) is 12.4. The number of rotatable bonds is 18. The maximum absolute atomic E-state index is 13.6. The summed E-state index contributed by atoms with van der Waals surface area (Å²) in [4.78, 5) is 27.2. The van der Waals surface area contributed by atoms with E-state index in [2.05, 4.69) is 72.8 Å². The Morgan fingerprint density at radius 2 is 0.625 bits per heavy atom. The lowest BCUT2D eigenvalue weighted by molar-refractivity contribution is -0.175. The van der Waals surface area contributed by atoms with Gasteiger partial charge >= 0.3 is 11.9 Å². The fraction of sp³-hybridized carbons (Fsp3) is 0.107. The minimum Gasteiger partial charge on any atom is -0.481 e. The first-order valence-electron chi connectivity index (χ1n) is 21.5. The van der Waals surface area contributed by atoms with Crippen molar-refractivity contribution < 1.29 is 28.7 Å². The van der Waals surface area contributed by atoms with Crippen LogP contribution in [0.25, 0.3) is 0 Å². The molecule has 0 bridgehead atoms. The molecule has 0 heterocycles. The van der Waals surface area contributed by atoms with Gasteiger partial charge in [-0.05, 0) is 49.2 Å². The number of benzene rings is 8. The summed E-state index contributed by atoms with van der Waals surface area (Å²) < 4.78 is 17.2. The van der Waals surface area contributed by atoms with Crippen LogP contribution >= 0.6 is 0 Å². The Morgan fingerprint density at radius 1 is 0.391 bits per heavy atom. The largest absolute Gasteiger partial charge is 0.481 e. The zero-order valence-electron chi connectivity index (χ0n) is 35.6. The minimum atomic E-state index is -3.91.